The van der Waals surface area contributed by atoms with Crippen LogP contribution in [-0.4, -0.2) is 16.9 Å². The molecule has 0 aromatic carbocycles. The highest BCUT2D eigenvalue weighted by molar-refractivity contribution is 5.82. The molecule has 0 aliphatic carbocycles. The summed E-state index contributed by atoms with van der Waals surface area (Å²) in [4.78, 5) is 16.3. The molecule has 1 amide bonds. The fourth-order valence-electron chi connectivity index (χ4n) is 2.21. The van der Waals surface area contributed by atoms with E-state index in [1.54, 1.807) is 18.5 Å². The second-order valence-corrected chi connectivity index (χ2v) is 4.68. The number of hydrazine groups is 1. The van der Waals surface area contributed by atoms with Gasteiger partial charge in [0.05, 0.1) is 24.5 Å². The van der Waals surface area contributed by atoms with Crippen LogP contribution in [0.3, 0.4) is 0 Å². The van der Waals surface area contributed by atoms with Gasteiger partial charge in [-0.3, -0.25) is 9.78 Å². The first-order chi connectivity index (χ1) is 9.83. The average molecular weight is 272 g/mol. The van der Waals surface area contributed by atoms with Crippen molar-refractivity contribution < 1.29 is 9.21 Å². The molecular weight excluding hydrogens is 256 g/mol. The van der Waals surface area contributed by atoms with Crippen LogP contribution < -0.4 is 16.2 Å². The number of carbonyl (C=O) groups is 1. The minimum absolute atomic E-state index is 0.0488. The van der Waals surface area contributed by atoms with E-state index < -0.39 is 0 Å². The van der Waals surface area contributed by atoms with Crippen LogP contribution in [0.1, 0.15) is 23.9 Å². The molecule has 1 aliphatic rings. The summed E-state index contributed by atoms with van der Waals surface area (Å²) in [6.45, 7) is 0.401. The smallest absolute Gasteiger partial charge is 0.238 e. The lowest BCUT2D eigenvalue weighted by atomic mass is 10.1. The molecule has 0 bridgehead atoms. The zero-order valence-electron chi connectivity index (χ0n) is 10.9. The fraction of sp³-hybridized carbons (Fsp3) is 0.286. The van der Waals surface area contributed by atoms with E-state index in [1.807, 2.05) is 24.3 Å². The standard InChI is InChI=1S/C14H16N4O2/c19-14(16-9-10-4-3-7-20-10)13-8-12(17-18-13)11-5-1-2-6-15-11/h1-7,12-13,17-18H,8-9H2,(H,16,19). The lowest BCUT2D eigenvalue weighted by molar-refractivity contribution is -0.123. The van der Waals surface area contributed by atoms with Gasteiger partial charge in [-0.1, -0.05) is 6.07 Å². The first-order valence-corrected chi connectivity index (χ1v) is 6.55. The fourth-order valence-corrected chi connectivity index (χ4v) is 2.21. The van der Waals surface area contributed by atoms with Gasteiger partial charge in [0, 0.05) is 6.20 Å². The first kappa shape index (κ1) is 12.8. The van der Waals surface area contributed by atoms with Crippen LogP contribution in [0.5, 0.6) is 0 Å². The molecule has 6 heteroatoms. The van der Waals surface area contributed by atoms with Crippen LogP contribution in [0.2, 0.25) is 0 Å². The summed E-state index contributed by atoms with van der Waals surface area (Å²) in [6, 6.07) is 9.18. The summed E-state index contributed by atoms with van der Waals surface area (Å²) in [5.74, 6) is 0.693. The Bertz CT molecular complexity index is 556. The summed E-state index contributed by atoms with van der Waals surface area (Å²) >= 11 is 0. The van der Waals surface area contributed by atoms with E-state index in [-0.39, 0.29) is 18.0 Å². The monoisotopic (exact) mass is 272 g/mol. The Morgan fingerprint density at radius 2 is 2.30 bits per heavy atom. The number of pyridine rings is 1. The van der Waals surface area contributed by atoms with Gasteiger partial charge in [-0.05, 0) is 30.7 Å². The number of hydrogen-bond donors (Lipinski definition) is 3. The van der Waals surface area contributed by atoms with Crippen LogP contribution in [0.15, 0.2) is 47.2 Å². The van der Waals surface area contributed by atoms with Crippen molar-refractivity contribution in [3.63, 3.8) is 0 Å². The topological polar surface area (TPSA) is 79.2 Å². The van der Waals surface area contributed by atoms with Gasteiger partial charge in [0.1, 0.15) is 11.8 Å². The summed E-state index contributed by atoms with van der Waals surface area (Å²) < 4.78 is 5.18. The zero-order chi connectivity index (χ0) is 13.8. The average Bonchev–Trinajstić information content (AvgIpc) is 3.17. The maximum absolute atomic E-state index is 12.0. The molecule has 104 valence electrons. The quantitative estimate of drug-likeness (QED) is 0.770. The Hall–Kier alpha value is -2.18. The van der Waals surface area contributed by atoms with Crippen molar-refractivity contribution >= 4 is 5.91 Å². The minimum Gasteiger partial charge on any atom is -0.467 e. The number of amides is 1. The van der Waals surface area contributed by atoms with E-state index in [9.17, 15) is 4.79 Å². The lowest BCUT2D eigenvalue weighted by Gasteiger charge is -2.09. The van der Waals surface area contributed by atoms with Crippen molar-refractivity contribution in [3.8, 4) is 0 Å². The summed E-state index contributed by atoms with van der Waals surface area (Å²) in [7, 11) is 0. The van der Waals surface area contributed by atoms with Crippen LogP contribution in [-0.2, 0) is 11.3 Å². The SMILES string of the molecule is O=C(NCc1ccco1)C1CC(c2ccccn2)NN1. The maximum Gasteiger partial charge on any atom is 0.238 e. The predicted octanol–water partition coefficient (Wildman–Crippen LogP) is 0.899. The van der Waals surface area contributed by atoms with E-state index in [1.165, 1.54) is 0 Å². The molecule has 6 nitrogen and oxygen atoms in total. The van der Waals surface area contributed by atoms with E-state index >= 15 is 0 Å². The molecule has 1 aliphatic heterocycles. The molecule has 3 N–H and O–H groups in total. The van der Waals surface area contributed by atoms with Gasteiger partial charge in [0.25, 0.3) is 0 Å². The highest BCUT2D eigenvalue weighted by Crippen LogP contribution is 2.20. The third-order valence-electron chi connectivity index (χ3n) is 3.28. The molecule has 2 unspecified atom stereocenters. The van der Waals surface area contributed by atoms with Gasteiger partial charge in [0.2, 0.25) is 5.91 Å². The Balaban J connectivity index is 1.53. The highest BCUT2D eigenvalue weighted by Gasteiger charge is 2.30. The van der Waals surface area contributed by atoms with Crippen molar-refractivity contribution in [3.05, 3.63) is 54.2 Å². The largest absolute Gasteiger partial charge is 0.467 e. The number of carbonyl (C=O) groups excluding carboxylic acids is 1. The van der Waals surface area contributed by atoms with Crippen molar-refractivity contribution in [2.45, 2.75) is 25.0 Å². The van der Waals surface area contributed by atoms with Crippen LogP contribution >= 0.6 is 0 Å². The van der Waals surface area contributed by atoms with E-state index in [0.717, 1.165) is 11.5 Å². The Labute approximate surface area is 116 Å². The molecule has 0 spiro atoms. The number of nitrogens with zero attached hydrogens (tertiary/aromatic N) is 1. The second kappa shape index (κ2) is 5.85. The van der Waals surface area contributed by atoms with Gasteiger partial charge >= 0.3 is 0 Å². The summed E-state index contributed by atoms with van der Waals surface area (Å²) in [5.41, 5.74) is 7.03. The van der Waals surface area contributed by atoms with Gasteiger partial charge in [-0.2, -0.15) is 0 Å². The van der Waals surface area contributed by atoms with Crippen LogP contribution in [0, 0.1) is 0 Å². The molecule has 20 heavy (non-hydrogen) atoms. The molecule has 2 aromatic rings. The van der Waals surface area contributed by atoms with Crippen molar-refractivity contribution in [1.82, 2.24) is 21.2 Å². The second-order valence-electron chi connectivity index (χ2n) is 4.68. The van der Waals surface area contributed by atoms with Gasteiger partial charge in [0.15, 0.2) is 0 Å². The van der Waals surface area contributed by atoms with Crippen LogP contribution in [0.25, 0.3) is 0 Å². The Morgan fingerprint density at radius 3 is 3.05 bits per heavy atom. The molecule has 3 heterocycles. The molecule has 0 saturated carbocycles. The number of nitrogens with one attached hydrogen (secondary N) is 3. The van der Waals surface area contributed by atoms with E-state index in [0.29, 0.717) is 13.0 Å². The number of furan rings is 1. The van der Waals surface area contributed by atoms with Crippen molar-refractivity contribution in [2.24, 2.45) is 0 Å². The number of rotatable bonds is 4. The third-order valence-corrected chi connectivity index (χ3v) is 3.28. The molecule has 1 fully saturated rings. The number of aromatic nitrogens is 1. The molecule has 2 atom stereocenters. The number of hydrogen-bond acceptors (Lipinski definition) is 5. The Morgan fingerprint density at radius 1 is 1.35 bits per heavy atom. The van der Waals surface area contributed by atoms with Gasteiger partial charge in [-0.25, -0.2) is 10.9 Å². The van der Waals surface area contributed by atoms with Crippen molar-refractivity contribution in [1.29, 1.82) is 0 Å². The minimum atomic E-state index is -0.267. The Kier molecular flexibility index (Phi) is 3.76. The summed E-state index contributed by atoms with van der Waals surface area (Å²) in [5, 5.41) is 2.84. The molecule has 0 radical (unpaired) electrons. The lowest BCUT2D eigenvalue weighted by Crippen LogP contribution is -2.42. The molecule has 3 rings (SSSR count). The normalized spacial score (nSPS) is 21.8. The molecule has 1 saturated heterocycles. The zero-order valence-corrected chi connectivity index (χ0v) is 10.9. The maximum atomic E-state index is 12.0. The summed E-state index contributed by atoms with van der Waals surface area (Å²) in [6.07, 6.45) is 4.01. The van der Waals surface area contributed by atoms with Crippen LogP contribution in [0.4, 0.5) is 0 Å². The molecular formula is C14H16N4O2. The predicted molar refractivity (Wildman–Crippen MR) is 72.2 cm³/mol. The highest BCUT2D eigenvalue weighted by atomic mass is 16.3. The van der Waals surface area contributed by atoms with E-state index in [4.69, 9.17) is 4.42 Å². The third kappa shape index (κ3) is 2.87. The van der Waals surface area contributed by atoms with Crippen molar-refractivity contribution in [2.75, 3.05) is 0 Å². The first-order valence-electron chi connectivity index (χ1n) is 6.55. The van der Waals surface area contributed by atoms with Gasteiger partial charge < -0.3 is 9.73 Å². The van der Waals surface area contributed by atoms with E-state index in [2.05, 4.69) is 21.2 Å². The molecule has 2 aromatic heterocycles. The van der Waals surface area contributed by atoms with Gasteiger partial charge in [-0.15, -0.1) is 0 Å².